The number of nitrogens with zero attached hydrogens (tertiary/aromatic N) is 1. The molecule has 0 spiro atoms. The maximum absolute atomic E-state index is 10.1. The van der Waals surface area contributed by atoms with Crippen molar-refractivity contribution in [2.75, 3.05) is 7.11 Å². The van der Waals surface area contributed by atoms with E-state index in [1.54, 1.807) is 30.6 Å². The maximum atomic E-state index is 10.1. The van der Waals surface area contributed by atoms with Crippen molar-refractivity contribution in [2.24, 2.45) is 0 Å². The van der Waals surface area contributed by atoms with E-state index < -0.39 is 6.10 Å². The molecule has 2 aromatic rings. The smallest absolute Gasteiger partial charge is 0.213 e. The third-order valence-electron chi connectivity index (χ3n) is 2.32. The van der Waals surface area contributed by atoms with Gasteiger partial charge in [-0.2, -0.15) is 0 Å². The van der Waals surface area contributed by atoms with E-state index in [0.717, 1.165) is 8.66 Å². The highest BCUT2D eigenvalue weighted by Crippen LogP contribution is 2.26. The molecule has 0 radical (unpaired) electrons. The number of hydrogen-bond donors (Lipinski definition) is 1. The second kappa shape index (κ2) is 5.62. The van der Waals surface area contributed by atoms with Crippen LogP contribution in [0.15, 0.2) is 34.1 Å². The number of hydrogen-bond acceptors (Lipinski definition) is 4. The SMILES string of the molecule is COc1cccc(C(O)Cc2ccc(Br)s2)n1. The van der Waals surface area contributed by atoms with Gasteiger partial charge in [-0.3, -0.25) is 0 Å². The van der Waals surface area contributed by atoms with Gasteiger partial charge < -0.3 is 9.84 Å². The number of halogens is 1. The van der Waals surface area contributed by atoms with E-state index >= 15 is 0 Å². The fraction of sp³-hybridized carbons (Fsp3) is 0.250. The molecule has 0 saturated heterocycles. The van der Waals surface area contributed by atoms with E-state index in [1.165, 1.54) is 0 Å². The first-order valence-corrected chi connectivity index (χ1v) is 6.73. The van der Waals surface area contributed by atoms with Gasteiger partial charge in [-0.05, 0) is 34.1 Å². The molecule has 17 heavy (non-hydrogen) atoms. The minimum absolute atomic E-state index is 0.522. The maximum Gasteiger partial charge on any atom is 0.213 e. The standard InChI is InChI=1S/C12H12BrNO2S/c1-16-12-4-2-3-9(14-12)10(15)7-8-5-6-11(13)17-8/h2-6,10,15H,7H2,1H3. The number of rotatable bonds is 4. The Morgan fingerprint density at radius 1 is 1.41 bits per heavy atom. The lowest BCUT2D eigenvalue weighted by molar-refractivity contribution is 0.173. The highest BCUT2D eigenvalue weighted by atomic mass is 79.9. The first kappa shape index (κ1) is 12.5. The van der Waals surface area contributed by atoms with Crippen LogP contribution >= 0.6 is 27.3 Å². The van der Waals surface area contributed by atoms with E-state index in [0.29, 0.717) is 18.0 Å². The Morgan fingerprint density at radius 2 is 2.24 bits per heavy atom. The van der Waals surface area contributed by atoms with Crippen molar-refractivity contribution in [1.82, 2.24) is 4.98 Å². The number of pyridine rings is 1. The Kier molecular flexibility index (Phi) is 4.15. The average molecular weight is 314 g/mol. The third-order valence-corrected chi connectivity index (χ3v) is 3.96. The number of thiophene rings is 1. The fourth-order valence-electron chi connectivity index (χ4n) is 1.49. The first-order valence-electron chi connectivity index (χ1n) is 5.12. The quantitative estimate of drug-likeness (QED) is 0.942. The second-order valence-corrected chi connectivity index (χ2v) is 6.08. The first-order chi connectivity index (χ1) is 8.19. The van der Waals surface area contributed by atoms with Gasteiger partial charge in [-0.15, -0.1) is 11.3 Å². The average Bonchev–Trinajstić information content (AvgIpc) is 2.75. The van der Waals surface area contributed by atoms with Crippen LogP contribution in [-0.2, 0) is 6.42 Å². The Bertz CT molecular complexity index is 501. The molecule has 2 rings (SSSR count). The summed E-state index contributed by atoms with van der Waals surface area (Å²) in [5, 5.41) is 10.1. The lowest BCUT2D eigenvalue weighted by Gasteiger charge is -2.09. The minimum Gasteiger partial charge on any atom is -0.481 e. The molecule has 0 aliphatic carbocycles. The van der Waals surface area contributed by atoms with Gasteiger partial charge in [0.2, 0.25) is 5.88 Å². The molecule has 1 unspecified atom stereocenters. The van der Waals surface area contributed by atoms with Gasteiger partial charge in [0.25, 0.3) is 0 Å². The molecular formula is C12H12BrNO2S. The summed E-state index contributed by atoms with van der Waals surface area (Å²) in [6, 6.07) is 9.37. The summed E-state index contributed by atoms with van der Waals surface area (Å²) in [5.74, 6) is 0.522. The molecule has 90 valence electrons. The van der Waals surface area contributed by atoms with Crippen LogP contribution in [0.2, 0.25) is 0 Å². The summed E-state index contributed by atoms with van der Waals surface area (Å²) < 4.78 is 6.10. The Labute approximate surface area is 112 Å². The zero-order valence-corrected chi connectivity index (χ0v) is 11.7. The van der Waals surface area contributed by atoms with Crippen molar-refractivity contribution in [3.63, 3.8) is 0 Å². The molecule has 0 aromatic carbocycles. The molecule has 0 amide bonds. The minimum atomic E-state index is -0.601. The number of aliphatic hydroxyl groups excluding tert-OH is 1. The van der Waals surface area contributed by atoms with Gasteiger partial charge in [-0.1, -0.05) is 6.07 Å². The molecule has 3 nitrogen and oxygen atoms in total. The zero-order valence-electron chi connectivity index (χ0n) is 9.26. The van der Waals surface area contributed by atoms with E-state index in [4.69, 9.17) is 4.74 Å². The van der Waals surface area contributed by atoms with Crippen LogP contribution < -0.4 is 4.74 Å². The molecule has 1 atom stereocenters. The highest BCUT2D eigenvalue weighted by Gasteiger charge is 2.12. The summed E-state index contributed by atoms with van der Waals surface area (Å²) in [4.78, 5) is 5.33. The molecule has 2 aromatic heterocycles. The molecule has 0 aliphatic heterocycles. The largest absolute Gasteiger partial charge is 0.481 e. The molecule has 0 aliphatic rings. The van der Waals surface area contributed by atoms with E-state index in [-0.39, 0.29) is 0 Å². The Morgan fingerprint density at radius 3 is 2.88 bits per heavy atom. The summed E-state index contributed by atoms with van der Waals surface area (Å²) in [6.45, 7) is 0. The summed E-state index contributed by atoms with van der Waals surface area (Å²) in [5.41, 5.74) is 0.633. The third kappa shape index (κ3) is 3.28. The van der Waals surface area contributed by atoms with Crippen LogP contribution in [0.25, 0.3) is 0 Å². The van der Waals surface area contributed by atoms with Crippen molar-refractivity contribution >= 4 is 27.3 Å². The zero-order chi connectivity index (χ0) is 12.3. The number of aromatic nitrogens is 1. The van der Waals surface area contributed by atoms with Crippen LogP contribution in [0.4, 0.5) is 0 Å². The predicted octanol–water partition coefficient (Wildman–Crippen LogP) is 3.19. The van der Waals surface area contributed by atoms with Crippen molar-refractivity contribution in [3.8, 4) is 5.88 Å². The Hall–Kier alpha value is -0.910. The normalized spacial score (nSPS) is 12.4. The monoisotopic (exact) mass is 313 g/mol. The van der Waals surface area contributed by atoms with E-state index in [9.17, 15) is 5.11 Å². The van der Waals surface area contributed by atoms with E-state index in [2.05, 4.69) is 20.9 Å². The van der Waals surface area contributed by atoms with Crippen LogP contribution in [0, 0.1) is 0 Å². The van der Waals surface area contributed by atoms with Crippen LogP contribution in [0.5, 0.6) is 5.88 Å². The van der Waals surface area contributed by atoms with Crippen LogP contribution in [0.1, 0.15) is 16.7 Å². The summed E-state index contributed by atoms with van der Waals surface area (Å²) in [7, 11) is 1.56. The summed E-state index contributed by atoms with van der Waals surface area (Å²) >= 11 is 5.02. The van der Waals surface area contributed by atoms with Gasteiger partial charge in [0.15, 0.2) is 0 Å². The number of methoxy groups -OCH3 is 1. The van der Waals surface area contributed by atoms with Crippen molar-refractivity contribution < 1.29 is 9.84 Å². The molecule has 1 N–H and O–H groups in total. The number of ether oxygens (including phenoxy) is 1. The Balaban J connectivity index is 2.11. The van der Waals surface area contributed by atoms with Crippen molar-refractivity contribution in [2.45, 2.75) is 12.5 Å². The molecule has 0 bridgehead atoms. The van der Waals surface area contributed by atoms with Crippen LogP contribution in [0.3, 0.4) is 0 Å². The van der Waals surface area contributed by atoms with Crippen molar-refractivity contribution in [1.29, 1.82) is 0 Å². The van der Waals surface area contributed by atoms with Gasteiger partial charge in [0.05, 0.1) is 16.6 Å². The molecule has 5 heteroatoms. The van der Waals surface area contributed by atoms with Gasteiger partial charge >= 0.3 is 0 Å². The molecule has 0 saturated carbocycles. The second-order valence-electron chi connectivity index (χ2n) is 3.53. The van der Waals surface area contributed by atoms with Gasteiger partial charge in [-0.25, -0.2) is 4.98 Å². The number of aliphatic hydroxyl groups is 1. The van der Waals surface area contributed by atoms with E-state index in [1.807, 2.05) is 18.2 Å². The fourth-order valence-corrected chi connectivity index (χ4v) is 3.01. The molecule has 0 fully saturated rings. The van der Waals surface area contributed by atoms with Gasteiger partial charge in [0.1, 0.15) is 6.10 Å². The highest BCUT2D eigenvalue weighted by molar-refractivity contribution is 9.11. The predicted molar refractivity (Wildman–Crippen MR) is 71.5 cm³/mol. The lowest BCUT2D eigenvalue weighted by Crippen LogP contribution is -2.03. The molecular weight excluding hydrogens is 302 g/mol. The van der Waals surface area contributed by atoms with Crippen molar-refractivity contribution in [3.05, 3.63) is 44.7 Å². The van der Waals surface area contributed by atoms with Gasteiger partial charge in [0, 0.05) is 17.4 Å². The van der Waals surface area contributed by atoms with Crippen LogP contribution in [-0.4, -0.2) is 17.2 Å². The lowest BCUT2D eigenvalue weighted by atomic mass is 10.1. The molecule has 2 heterocycles. The summed E-state index contributed by atoms with van der Waals surface area (Å²) in [6.07, 6.45) is -0.0353. The topological polar surface area (TPSA) is 42.4 Å².